The number of ether oxygens (including phenoxy) is 2. The fraction of sp³-hybridized carbons (Fsp3) is 0.591. The molecule has 4 aliphatic rings. The summed E-state index contributed by atoms with van der Waals surface area (Å²) in [6, 6.07) is 5.46. The number of rotatable bonds is 4. The van der Waals surface area contributed by atoms with Crippen LogP contribution in [0.25, 0.3) is 0 Å². The highest BCUT2D eigenvalue weighted by Crippen LogP contribution is 2.69. The smallest absolute Gasteiger partial charge is 0.312 e. The zero-order chi connectivity index (χ0) is 21.4. The normalized spacial score (nSPS) is 37.4. The number of methoxy groups -OCH3 is 2. The maximum atomic E-state index is 13.9. The van der Waals surface area contributed by atoms with E-state index < -0.39 is 35.0 Å². The number of hydrogen-bond acceptors (Lipinski definition) is 7. The zero-order valence-corrected chi connectivity index (χ0v) is 17.3. The van der Waals surface area contributed by atoms with Gasteiger partial charge in [0.05, 0.1) is 37.3 Å². The van der Waals surface area contributed by atoms with Crippen LogP contribution in [0.1, 0.15) is 25.3 Å². The molecule has 3 aliphatic heterocycles. The number of hydrogen-bond donors (Lipinski definition) is 1. The number of aliphatic hydroxyl groups is 1. The third kappa shape index (κ3) is 1.88. The number of piperidine rings is 1. The predicted molar refractivity (Wildman–Crippen MR) is 106 cm³/mol. The highest BCUT2D eigenvalue weighted by Gasteiger charge is 2.81. The van der Waals surface area contributed by atoms with Gasteiger partial charge in [0.1, 0.15) is 17.2 Å². The number of esters is 1. The Morgan fingerprint density at radius 2 is 2.13 bits per heavy atom. The van der Waals surface area contributed by atoms with Crippen LogP contribution in [-0.4, -0.2) is 67.2 Å². The van der Waals surface area contributed by atoms with Gasteiger partial charge < -0.3 is 14.6 Å². The fourth-order valence-corrected chi connectivity index (χ4v) is 7.11. The van der Waals surface area contributed by atoms with Crippen LogP contribution < -0.4 is 9.64 Å². The van der Waals surface area contributed by atoms with E-state index in [0.29, 0.717) is 30.9 Å². The Kier molecular flexibility index (Phi) is 4.08. The number of nitrogens with zero attached hydrogens (tertiary/aromatic N) is 2. The number of amides is 1. The molecule has 5 rings (SSSR count). The molecule has 160 valence electrons. The fourth-order valence-electron chi connectivity index (χ4n) is 7.11. The molecule has 1 spiro atoms. The van der Waals surface area contributed by atoms with Crippen LogP contribution in [-0.2, 0) is 24.5 Å². The van der Waals surface area contributed by atoms with Gasteiger partial charge in [-0.05, 0) is 30.9 Å². The van der Waals surface area contributed by atoms with Crippen molar-refractivity contribution < 1.29 is 29.0 Å². The van der Waals surface area contributed by atoms with Crippen LogP contribution in [0.4, 0.5) is 5.69 Å². The summed E-state index contributed by atoms with van der Waals surface area (Å²) in [5.41, 5.74) is -0.900. The van der Waals surface area contributed by atoms with E-state index in [2.05, 4.69) is 4.90 Å². The van der Waals surface area contributed by atoms with Gasteiger partial charge in [0, 0.05) is 25.4 Å². The summed E-state index contributed by atoms with van der Waals surface area (Å²) in [4.78, 5) is 43.4. The Labute approximate surface area is 174 Å². The van der Waals surface area contributed by atoms with E-state index in [9.17, 15) is 19.5 Å². The van der Waals surface area contributed by atoms with Crippen LogP contribution in [0.3, 0.4) is 0 Å². The van der Waals surface area contributed by atoms with Crippen LogP contribution in [0.2, 0.25) is 0 Å². The Bertz CT molecular complexity index is 948. The third-order valence-electron chi connectivity index (χ3n) is 8.07. The van der Waals surface area contributed by atoms with Gasteiger partial charge in [-0.3, -0.25) is 24.2 Å². The Morgan fingerprint density at radius 3 is 2.77 bits per heavy atom. The van der Waals surface area contributed by atoms with Crippen LogP contribution in [0.5, 0.6) is 5.75 Å². The minimum Gasteiger partial charge on any atom is -0.495 e. The number of anilines is 1. The summed E-state index contributed by atoms with van der Waals surface area (Å²) < 4.78 is 10.8. The number of para-hydroxylation sites is 1. The molecule has 0 aromatic heterocycles. The number of carbonyl (C=O) groups excluding carboxylic acids is 3. The Morgan fingerprint density at radius 1 is 1.37 bits per heavy atom. The first-order valence-electron chi connectivity index (χ1n) is 10.4. The number of carbonyl (C=O) groups is 3. The second kappa shape index (κ2) is 6.28. The molecule has 2 saturated heterocycles. The van der Waals surface area contributed by atoms with E-state index in [1.807, 2.05) is 12.1 Å². The van der Waals surface area contributed by atoms with Crippen molar-refractivity contribution >= 4 is 23.9 Å². The second-order valence-corrected chi connectivity index (χ2v) is 8.86. The predicted octanol–water partition coefficient (Wildman–Crippen LogP) is 0.700. The first-order valence-corrected chi connectivity index (χ1v) is 10.4. The Balaban J connectivity index is 1.86. The van der Waals surface area contributed by atoms with Crippen molar-refractivity contribution in [2.45, 2.75) is 36.9 Å². The quantitative estimate of drug-likeness (QED) is 0.572. The average molecular weight is 414 g/mol. The van der Waals surface area contributed by atoms with E-state index >= 15 is 0 Å². The lowest BCUT2D eigenvalue weighted by Crippen LogP contribution is -2.78. The largest absolute Gasteiger partial charge is 0.495 e. The van der Waals surface area contributed by atoms with Crippen molar-refractivity contribution in [1.82, 2.24) is 4.90 Å². The lowest BCUT2D eigenvalue weighted by atomic mass is 9.52. The standard InChI is InChI=1S/C22H26N2O6/c1-12(26)14-10-23-8-7-21-15-5-4-6-16(29-2)19(15)24(11-25)22(21,23)18(20(28)30-3)13(14)9-17(21)27/h4-6,11-14,18,26H,7-10H2,1-3H3/t12-,13+,14-,18-,21-,22+/m1/s1. The monoisotopic (exact) mass is 414 g/mol. The van der Waals surface area contributed by atoms with Gasteiger partial charge in [0.2, 0.25) is 6.41 Å². The van der Waals surface area contributed by atoms with Crippen molar-refractivity contribution in [3.05, 3.63) is 23.8 Å². The molecule has 1 aromatic rings. The van der Waals surface area contributed by atoms with Crippen LogP contribution >= 0.6 is 0 Å². The number of fused-ring (bicyclic) bond motifs is 2. The molecule has 6 atom stereocenters. The van der Waals surface area contributed by atoms with E-state index in [0.717, 1.165) is 12.0 Å². The third-order valence-corrected chi connectivity index (χ3v) is 8.07. The SMILES string of the molecule is COC(=O)[C@H]1[C@H]2CC(=O)[C@]34CCN(C[C@@H]2[C@@H](C)O)[C@]13N(C=O)c1c(OC)cccc14. The molecule has 8 heteroatoms. The van der Waals surface area contributed by atoms with Crippen molar-refractivity contribution in [2.75, 3.05) is 32.2 Å². The molecular formula is C22H26N2O6. The minimum atomic E-state index is -1.18. The van der Waals surface area contributed by atoms with Gasteiger partial charge >= 0.3 is 5.97 Å². The average Bonchev–Trinajstić information content (AvgIpc) is 3.23. The maximum absolute atomic E-state index is 13.9. The van der Waals surface area contributed by atoms with Gasteiger partial charge in [-0.15, -0.1) is 0 Å². The molecule has 1 aliphatic carbocycles. The van der Waals surface area contributed by atoms with Gasteiger partial charge in [-0.2, -0.15) is 0 Å². The summed E-state index contributed by atoms with van der Waals surface area (Å²) in [5.74, 6) is -1.37. The molecule has 1 aromatic carbocycles. The lowest BCUT2D eigenvalue weighted by molar-refractivity contribution is -0.179. The number of benzene rings is 1. The summed E-state index contributed by atoms with van der Waals surface area (Å²) in [7, 11) is 2.86. The summed E-state index contributed by atoms with van der Waals surface area (Å²) in [5, 5.41) is 10.5. The van der Waals surface area contributed by atoms with Crippen LogP contribution in [0.15, 0.2) is 18.2 Å². The molecule has 8 nitrogen and oxygen atoms in total. The van der Waals surface area contributed by atoms with E-state index in [1.165, 1.54) is 14.2 Å². The minimum absolute atomic E-state index is 0.0133. The highest BCUT2D eigenvalue weighted by atomic mass is 16.5. The van der Waals surface area contributed by atoms with Gasteiger partial charge in [-0.1, -0.05) is 12.1 Å². The topological polar surface area (TPSA) is 96.4 Å². The second-order valence-electron chi connectivity index (χ2n) is 8.86. The highest BCUT2D eigenvalue weighted by molar-refractivity contribution is 6.05. The molecular weight excluding hydrogens is 388 g/mol. The van der Waals surface area contributed by atoms with Crippen LogP contribution in [0, 0.1) is 17.8 Å². The molecule has 1 saturated carbocycles. The maximum Gasteiger partial charge on any atom is 0.312 e. The van der Waals surface area contributed by atoms with E-state index in [-0.39, 0.29) is 18.1 Å². The van der Waals surface area contributed by atoms with Gasteiger partial charge in [0.25, 0.3) is 0 Å². The summed E-state index contributed by atoms with van der Waals surface area (Å²) in [6.07, 6.45) is 0.705. The number of ketones is 1. The molecule has 2 bridgehead atoms. The number of Topliss-reactive ketones (excluding diaryl/α,β-unsaturated/α-hetero) is 1. The molecule has 30 heavy (non-hydrogen) atoms. The number of aliphatic hydroxyl groups excluding tert-OH is 1. The Hall–Kier alpha value is -2.45. The molecule has 1 amide bonds. The first kappa shape index (κ1) is 19.5. The molecule has 0 unspecified atom stereocenters. The molecule has 1 N–H and O–H groups in total. The zero-order valence-electron chi connectivity index (χ0n) is 17.3. The summed E-state index contributed by atoms with van der Waals surface area (Å²) >= 11 is 0. The van der Waals surface area contributed by atoms with E-state index in [1.54, 1.807) is 17.9 Å². The first-order chi connectivity index (χ1) is 14.4. The van der Waals surface area contributed by atoms with E-state index in [4.69, 9.17) is 9.47 Å². The van der Waals surface area contributed by atoms with Crippen molar-refractivity contribution in [3.8, 4) is 5.75 Å². The van der Waals surface area contributed by atoms with Gasteiger partial charge in [-0.25, -0.2) is 0 Å². The van der Waals surface area contributed by atoms with Crippen molar-refractivity contribution in [3.63, 3.8) is 0 Å². The molecule has 3 heterocycles. The van der Waals surface area contributed by atoms with Crippen molar-refractivity contribution in [1.29, 1.82) is 0 Å². The van der Waals surface area contributed by atoms with Crippen molar-refractivity contribution in [2.24, 2.45) is 17.8 Å². The molecule has 0 radical (unpaired) electrons. The van der Waals surface area contributed by atoms with Gasteiger partial charge in [0.15, 0.2) is 0 Å². The lowest BCUT2D eigenvalue weighted by Gasteiger charge is -2.61. The molecule has 3 fully saturated rings. The summed E-state index contributed by atoms with van der Waals surface area (Å²) in [6.45, 7) is 2.75.